The second-order valence-electron chi connectivity index (χ2n) is 6.02. The maximum Gasteiger partial charge on any atom is 0.311 e. The highest BCUT2D eigenvalue weighted by Gasteiger charge is 2.57. The van der Waals surface area contributed by atoms with Gasteiger partial charge in [-0.2, -0.15) is 0 Å². The third-order valence-electron chi connectivity index (χ3n) is 4.25. The van der Waals surface area contributed by atoms with Crippen LogP contribution in [0.4, 0.5) is 0 Å². The number of carboxylic acid groups (broad SMARTS) is 1. The molecule has 0 saturated heterocycles. The van der Waals surface area contributed by atoms with Gasteiger partial charge in [0.2, 0.25) is 0 Å². The molecule has 2 rings (SSSR count). The van der Waals surface area contributed by atoms with Crippen LogP contribution >= 0.6 is 12.2 Å². The molecular weight excluding hydrogens is 244 g/mol. The zero-order valence-electron chi connectivity index (χ0n) is 10.9. The second-order valence-corrected chi connectivity index (χ2v) is 6.29. The molecule has 1 N–H and O–H groups in total. The van der Waals surface area contributed by atoms with E-state index in [9.17, 15) is 9.90 Å². The molecule has 0 amide bonds. The molecular formula is C15H18O2S. The number of benzene rings is 1. The van der Waals surface area contributed by atoms with Crippen LogP contribution in [0.15, 0.2) is 24.3 Å². The average molecular weight is 262 g/mol. The molecule has 0 heterocycles. The van der Waals surface area contributed by atoms with Crippen molar-refractivity contribution in [1.29, 1.82) is 0 Å². The minimum Gasteiger partial charge on any atom is -0.481 e. The zero-order chi connectivity index (χ0) is 13.6. The molecule has 2 nitrogen and oxygen atoms in total. The van der Waals surface area contributed by atoms with Gasteiger partial charge in [0.05, 0.1) is 5.41 Å². The maximum absolute atomic E-state index is 11.9. The van der Waals surface area contributed by atoms with Crippen LogP contribution in [-0.2, 0) is 11.2 Å². The molecule has 0 radical (unpaired) electrons. The number of aliphatic carboxylic acids is 1. The number of carbonyl (C=O) groups is 1. The smallest absolute Gasteiger partial charge is 0.311 e. The summed E-state index contributed by atoms with van der Waals surface area (Å²) in [5.74, 6) is -0.946. The van der Waals surface area contributed by atoms with Gasteiger partial charge in [0.25, 0.3) is 0 Å². The van der Waals surface area contributed by atoms with E-state index in [-0.39, 0.29) is 11.3 Å². The van der Waals surface area contributed by atoms with E-state index in [0.717, 1.165) is 11.1 Å². The predicted octanol–water partition coefficient (Wildman–Crippen LogP) is 3.44. The molecule has 1 aliphatic rings. The summed E-state index contributed by atoms with van der Waals surface area (Å²) in [4.78, 5) is 11.9. The first-order chi connectivity index (χ1) is 8.34. The summed E-state index contributed by atoms with van der Waals surface area (Å²) in [5.41, 5.74) is 1.00. The fourth-order valence-corrected chi connectivity index (χ4v) is 3.50. The lowest BCUT2D eigenvalue weighted by Gasteiger charge is -2.41. The minimum absolute atomic E-state index is 0.193. The Bertz CT molecular complexity index is 501. The minimum atomic E-state index is -0.835. The van der Waals surface area contributed by atoms with E-state index in [1.807, 2.05) is 45.0 Å². The third-order valence-corrected chi connectivity index (χ3v) is 4.52. The molecule has 0 spiro atoms. The van der Waals surface area contributed by atoms with Crippen LogP contribution in [0.3, 0.4) is 0 Å². The van der Waals surface area contributed by atoms with Crippen LogP contribution < -0.4 is 0 Å². The van der Waals surface area contributed by atoms with E-state index in [0.29, 0.717) is 6.42 Å². The maximum atomic E-state index is 11.9. The first-order valence-electron chi connectivity index (χ1n) is 6.11. The van der Waals surface area contributed by atoms with Crippen molar-refractivity contribution in [3.8, 4) is 0 Å². The first kappa shape index (κ1) is 13.2. The molecule has 0 aliphatic heterocycles. The van der Waals surface area contributed by atoms with Crippen molar-refractivity contribution >= 4 is 23.6 Å². The number of thiocarbonyl (C=S) groups is 1. The van der Waals surface area contributed by atoms with Crippen molar-refractivity contribution in [2.75, 3.05) is 0 Å². The van der Waals surface area contributed by atoms with Crippen LogP contribution in [-0.4, -0.2) is 16.4 Å². The van der Waals surface area contributed by atoms with Gasteiger partial charge >= 0.3 is 5.97 Å². The Morgan fingerprint density at radius 1 is 1.44 bits per heavy atom. The number of carboxylic acids is 1. The van der Waals surface area contributed by atoms with Gasteiger partial charge in [0, 0.05) is 5.92 Å². The van der Waals surface area contributed by atoms with Gasteiger partial charge < -0.3 is 5.11 Å². The molecule has 1 aromatic rings. The van der Waals surface area contributed by atoms with Crippen molar-refractivity contribution in [2.45, 2.75) is 33.1 Å². The fourth-order valence-electron chi connectivity index (χ4n) is 3.12. The fraction of sp³-hybridized carbons (Fsp3) is 0.467. The van der Waals surface area contributed by atoms with Crippen molar-refractivity contribution < 1.29 is 9.90 Å². The Morgan fingerprint density at radius 3 is 2.56 bits per heavy atom. The lowest BCUT2D eigenvalue weighted by molar-refractivity contribution is -0.156. The summed E-state index contributed by atoms with van der Waals surface area (Å²) in [5, 5.41) is 11.4. The third kappa shape index (κ3) is 1.61. The summed E-state index contributed by atoms with van der Waals surface area (Å²) >= 11 is 5.14. The van der Waals surface area contributed by atoms with Gasteiger partial charge in [0.1, 0.15) is 0 Å². The van der Waals surface area contributed by atoms with E-state index in [1.54, 1.807) is 5.37 Å². The highest BCUT2D eigenvalue weighted by molar-refractivity contribution is 7.79. The van der Waals surface area contributed by atoms with Gasteiger partial charge in [-0.15, -0.1) is 0 Å². The normalized spacial score (nSPS) is 26.7. The highest BCUT2D eigenvalue weighted by Crippen LogP contribution is 2.56. The van der Waals surface area contributed by atoms with Gasteiger partial charge in [-0.05, 0) is 28.3 Å². The van der Waals surface area contributed by atoms with E-state index < -0.39 is 11.4 Å². The molecule has 96 valence electrons. The van der Waals surface area contributed by atoms with Crippen LogP contribution in [0.5, 0.6) is 0 Å². The zero-order valence-corrected chi connectivity index (χ0v) is 11.8. The Hall–Kier alpha value is -1.22. The first-order valence-corrected chi connectivity index (χ1v) is 6.58. The summed E-state index contributed by atoms with van der Waals surface area (Å²) in [6.07, 6.45) is 0.555. The standard InChI is InChI=1S/C15H18O2S/c1-14(2,3)15(13(16)17)8-10-6-4-5-7-11(10)12(15)9-18/h4-7,9,12H,8H2,1-3H3,(H,16,17). The molecule has 3 heteroatoms. The topological polar surface area (TPSA) is 37.3 Å². The van der Waals surface area contributed by atoms with Crippen molar-refractivity contribution in [3.63, 3.8) is 0 Å². The van der Waals surface area contributed by atoms with Gasteiger partial charge in [-0.1, -0.05) is 57.3 Å². The highest BCUT2D eigenvalue weighted by atomic mass is 32.1. The molecule has 2 atom stereocenters. The Kier molecular flexibility index (Phi) is 3.06. The van der Waals surface area contributed by atoms with Crippen LogP contribution in [0.2, 0.25) is 0 Å². The predicted molar refractivity (Wildman–Crippen MR) is 76.1 cm³/mol. The van der Waals surface area contributed by atoms with Crippen molar-refractivity contribution in [1.82, 2.24) is 0 Å². The molecule has 0 saturated carbocycles. The number of hydrogen-bond donors (Lipinski definition) is 1. The molecule has 1 aromatic carbocycles. The van der Waals surface area contributed by atoms with Crippen LogP contribution in [0.1, 0.15) is 37.8 Å². The van der Waals surface area contributed by atoms with Crippen LogP contribution in [0, 0.1) is 10.8 Å². The Labute approximate surface area is 113 Å². The lowest BCUT2D eigenvalue weighted by Crippen LogP contribution is -2.46. The van der Waals surface area contributed by atoms with Crippen LogP contribution in [0.25, 0.3) is 0 Å². The molecule has 18 heavy (non-hydrogen) atoms. The van der Waals surface area contributed by atoms with E-state index in [4.69, 9.17) is 12.2 Å². The van der Waals surface area contributed by atoms with E-state index in [2.05, 4.69) is 0 Å². The number of rotatable bonds is 2. The Balaban J connectivity index is 2.66. The van der Waals surface area contributed by atoms with Gasteiger partial charge in [0.15, 0.2) is 0 Å². The second kappa shape index (κ2) is 4.16. The summed E-state index contributed by atoms with van der Waals surface area (Å²) in [7, 11) is 0. The molecule has 0 aromatic heterocycles. The average Bonchev–Trinajstić information content (AvgIpc) is 2.63. The van der Waals surface area contributed by atoms with E-state index in [1.165, 1.54) is 0 Å². The molecule has 2 unspecified atom stereocenters. The molecule has 1 aliphatic carbocycles. The summed E-state index contributed by atoms with van der Waals surface area (Å²) in [6.45, 7) is 5.95. The molecule has 0 bridgehead atoms. The lowest BCUT2D eigenvalue weighted by atomic mass is 9.60. The van der Waals surface area contributed by atoms with Gasteiger partial charge in [-0.25, -0.2) is 0 Å². The molecule has 0 fully saturated rings. The van der Waals surface area contributed by atoms with Crippen molar-refractivity contribution in [3.05, 3.63) is 35.4 Å². The Morgan fingerprint density at radius 2 is 2.06 bits per heavy atom. The summed E-state index contributed by atoms with van der Waals surface area (Å²) < 4.78 is 0. The monoisotopic (exact) mass is 262 g/mol. The number of fused-ring (bicyclic) bond motifs is 1. The summed E-state index contributed by atoms with van der Waals surface area (Å²) in [6, 6.07) is 7.92. The SMILES string of the molecule is CC(C)(C)C1(C(=O)O)Cc2ccccc2C1C=S. The largest absolute Gasteiger partial charge is 0.481 e. The number of hydrogen-bond acceptors (Lipinski definition) is 2. The van der Waals surface area contributed by atoms with E-state index >= 15 is 0 Å². The quantitative estimate of drug-likeness (QED) is 0.830. The van der Waals surface area contributed by atoms with Gasteiger partial charge in [-0.3, -0.25) is 4.79 Å². The van der Waals surface area contributed by atoms with Crippen molar-refractivity contribution in [2.24, 2.45) is 10.8 Å².